The number of carbonyl (C=O) groups is 4. The number of rotatable bonds is 7. The summed E-state index contributed by atoms with van der Waals surface area (Å²) >= 11 is 0. The molecule has 3 aliphatic rings. The van der Waals surface area contributed by atoms with Crippen LogP contribution in [0.4, 0.5) is 11.4 Å². The summed E-state index contributed by atoms with van der Waals surface area (Å²) in [5.41, 5.74) is 1.83. The third-order valence-electron chi connectivity index (χ3n) is 9.17. The molecule has 0 bridgehead atoms. The van der Waals surface area contributed by atoms with Gasteiger partial charge >= 0.3 is 5.97 Å². The monoisotopic (exact) mass is 614 g/mol. The quantitative estimate of drug-likeness (QED) is 0.165. The number of esters is 1. The van der Waals surface area contributed by atoms with Crippen molar-refractivity contribution >= 4 is 40.9 Å². The summed E-state index contributed by atoms with van der Waals surface area (Å²) in [7, 11) is 2.97. The van der Waals surface area contributed by atoms with E-state index >= 15 is 4.79 Å². The van der Waals surface area contributed by atoms with Gasteiger partial charge in [-0.3, -0.25) is 19.2 Å². The average Bonchev–Trinajstić information content (AvgIpc) is 3.56. The number of anilines is 2. The highest BCUT2D eigenvalue weighted by Crippen LogP contribution is 2.58. The normalized spacial score (nSPS) is 22.0. The highest BCUT2D eigenvalue weighted by molar-refractivity contribution is 6.19. The van der Waals surface area contributed by atoms with E-state index in [1.165, 1.54) is 21.1 Å². The fourth-order valence-corrected chi connectivity index (χ4v) is 7.32. The molecule has 4 unspecified atom stereocenters. The van der Waals surface area contributed by atoms with Gasteiger partial charge in [0, 0.05) is 23.9 Å². The maximum atomic E-state index is 15.2. The van der Waals surface area contributed by atoms with Crippen LogP contribution < -0.4 is 24.4 Å². The number of Topliss-reactive ketones (excluding diaryl/α,β-unsaturated/α-hetero) is 2. The van der Waals surface area contributed by atoms with Gasteiger partial charge in [0.2, 0.25) is 5.91 Å². The Kier molecular flexibility index (Phi) is 6.96. The first kappa shape index (κ1) is 29.0. The molecule has 4 atom stereocenters. The number of benzene rings is 4. The Labute approximate surface area is 265 Å². The van der Waals surface area contributed by atoms with E-state index in [9.17, 15) is 14.4 Å². The van der Waals surface area contributed by atoms with E-state index in [0.29, 0.717) is 28.3 Å². The predicted molar refractivity (Wildman–Crippen MR) is 172 cm³/mol. The second kappa shape index (κ2) is 11.0. The number of hydrogen-bond acceptors (Lipinski definition) is 8. The fourth-order valence-electron chi connectivity index (χ4n) is 7.32. The minimum Gasteiger partial charge on any atom is -0.497 e. The first-order valence-corrected chi connectivity index (χ1v) is 14.8. The van der Waals surface area contributed by atoms with Crippen LogP contribution in [-0.2, 0) is 15.0 Å². The first-order valence-electron chi connectivity index (χ1n) is 14.8. The van der Waals surface area contributed by atoms with E-state index in [1.54, 1.807) is 42.5 Å². The van der Waals surface area contributed by atoms with Crippen molar-refractivity contribution in [3.05, 3.63) is 119 Å². The standard InChI is InChI=1S/C37H30N2O7/c1-21(40)46-24-15-12-23(13-16-24)34(41)33-32(35(42)26-20-25(44-2)17-18-30(26)45-3)37(27-9-5-6-10-28(27)38-36(37)43)31-19-14-22-8-4-7-11-29(22)39(31)33/h4-20,31-33H,1-3H3,(H,38,43). The van der Waals surface area contributed by atoms with Gasteiger partial charge in [-0.1, -0.05) is 48.6 Å². The zero-order chi connectivity index (χ0) is 32.2. The zero-order valence-corrected chi connectivity index (χ0v) is 25.4. The Balaban J connectivity index is 1.50. The Morgan fingerprint density at radius 1 is 0.826 bits per heavy atom. The smallest absolute Gasteiger partial charge is 0.308 e. The summed E-state index contributed by atoms with van der Waals surface area (Å²) in [6.07, 6.45) is 3.87. The van der Waals surface area contributed by atoms with Crippen molar-refractivity contribution in [2.24, 2.45) is 5.92 Å². The predicted octanol–water partition coefficient (Wildman–Crippen LogP) is 5.49. The topological polar surface area (TPSA) is 111 Å². The van der Waals surface area contributed by atoms with Gasteiger partial charge in [0.15, 0.2) is 11.6 Å². The van der Waals surface area contributed by atoms with Crippen LogP contribution >= 0.6 is 0 Å². The molecule has 1 amide bonds. The van der Waals surface area contributed by atoms with Gasteiger partial charge in [-0.15, -0.1) is 0 Å². The molecule has 4 aromatic carbocycles. The lowest BCUT2D eigenvalue weighted by atomic mass is 9.64. The average molecular weight is 615 g/mol. The molecule has 1 spiro atoms. The van der Waals surface area contributed by atoms with Gasteiger partial charge in [0.1, 0.15) is 28.7 Å². The number of nitrogens with one attached hydrogen (secondary N) is 1. The van der Waals surface area contributed by atoms with Gasteiger partial charge < -0.3 is 24.4 Å². The van der Waals surface area contributed by atoms with E-state index in [1.807, 2.05) is 65.6 Å². The van der Waals surface area contributed by atoms with Gasteiger partial charge in [0.05, 0.1) is 31.7 Å². The van der Waals surface area contributed by atoms with Crippen LogP contribution in [0, 0.1) is 5.92 Å². The molecule has 9 nitrogen and oxygen atoms in total. The van der Waals surface area contributed by atoms with Crippen molar-refractivity contribution in [1.82, 2.24) is 0 Å². The van der Waals surface area contributed by atoms with Crippen LogP contribution in [0.25, 0.3) is 6.08 Å². The number of ketones is 2. The van der Waals surface area contributed by atoms with E-state index in [-0.39, 0.29) is 23.0 Å². The summed E-state index contributed by atoms with van der Waals surface area (Å²) in [4.78, 5) is 58.2. The fraction of sp³-hybridized carbons (Fsp3) is 0.189. The minimum atomic E-state index is -1.48. The van der Waals surface area contributed by atoms with Gasteiger partial charge in [-0.25, -0.2) is 0 Å². The molecule has 4 aromatic rings. The van der Waals surface area contributed by atoms with Gasteiger partial charge in [-0.2, -0.15) is 0 Å². The minimum absolute atomic E-state index is 0.198. The lowest BCUT2D eigenvalue weighted by molar-refractivity contribution is -0.131. The highest BCUT2D eigenvalue weighted by Gasteiger charge is 2.70. The van der Waals surface area contributed by atoms with Crippen molar-refractivity contribution in [2.45, 2.75) is 24.4 Å². The molecular weight excluding hydrogens is 584 g/mol. The van der Waals surface area contributed by atoms with Gasteiger partial charge in [0.25, 0.3) is 0 Å². The van der Waals surface area contributed by atoms with Crippen LogP contribution in [0.2, 0.25) is 0 Å². The molecule has 0 aromatic heterocycles. The third-order valence-corrected chi connectivity index (χ3v) is 9.17. The zero-order valence-electron chi connectivity index (χ0n) is 25.4. The van der Waals surface area contributed by atoms with E-state index in [0.717, 1.165) is 11.3 Å². The number of nitrogens with zero attached hydrogens (tertiary/aromatic N) is 1. The number of fused-ring (bicyclic) bond motifs is 6. The maximum Gasteiger partial charge on any atom is 0.308 e. The van der Waals surface area contributed by atoms with Crippen LogP contribution in [-0.4, -0.2) is 49.7 Å². The van der Waals surface area contributed by atoms with Crippen LogP contribution in [0.3, 0.4) is 0 Å². The summed E-state index contributed by atoms with van der Waals surface area (Å²) in [6.45, 7) is 1.30. The van der Waals surface area contributed by atoms with Crippen LogP contribution in [0.1, 0.15) is 38.8 Å². The van der Waals surface area contributed by atoms with Gasteiger partial charge in [-0.05, 0) is 65.7 Å². The molecular formula is C37H30N2O7. The lowest BCUT2D eigenvalue weighted by Gasteiger charge is -2.37. The SMILES string of the molecule is COc1ccc(OC)c(C(=O)C2C(C(=O)c3ccc(OC(C)=O)cc3)N3c4ccccc4C=CC3C23C(=O)Nc2ccccc23)c1. The van der Waals surface area contributed by atoms with Crippen molar-refractivity contribution in [3.63, 3.8) is 0 Å². The molecule has 9 heteroatoms. The lowest BCUT2D eigenvalue weighted by Crippen LogP contribution is -2.51. The van der Waals surface area contributed by atoms with Crippen molar-refractivity contribution < 1.29 is 33.4 Å². The molecule has 0 saturated carbocycles. The number of para-hydroxylation sites is 2. The molecule has 1 saturated heterocycles. The molecule has 1 N–H and O–H groups in total. The largest absolute Gasteiger partial charge is 0.497 e. The molecule has 230 valence electrons. The van der Waals surface area contributed by atoms with E-state index < -0.39 is 35.2 Å². The van der Waals surface area contributed by atoms with Crippen molar-refractivity contribution in [3.8, 4) is 17.2 Å². The number of hydrogen-bond donors (Lipinski definition) is 1. The molecule has 0 aliphatic carbocycles. The van der Waals surface area contributed by atoms with E-state index in [4.69, 9.17) is 14.2 Å². The molecule has 7 rings (SSSR count). The van der Waals surface area contributed by atoms with Crippen LogP contribution in [0.15, 0.2) is 97.1 Å². The number of methoxy groups -OCH3 is 2. The highest BCUT2D eigenvalue weighted by atomic mass is 16.5. The Hall–Kier alpha value is -5.70. The Morgan fingerprint density at radius 3 is 2.28 bits per heavy atom. The number of ether oxygens (including phenoxy) is 3. The summed E-state index contributed by atoms with van der Waals surface area (Å²) in [6, 6.07) is 24.3. The Bertz CT molecular complexity index is 1950. The molecule has 0 radical (unpaired) electrons. The Morgan fingerprint density at radius 2 is 1.54 bits per heavy atom. The molecule has 1 fully saturated rings. The molecule has 3 heterocycles. The third kappa shape index (κ3) is 4.23. The number of amides is 1. The summed E-state index contributed by atoms with van der Waals surface area (Å²) in [5, 5.41) is 3.03. The second-order valence-corrected chi connectivity index (χ2v) is 11.5. The van der Waals surface area contributed by atoms with Crippen molar-refractivity contribution in [2.75, 3.05) is 24.4 Å². The molecule has 46 heavy (non-hydrogen) atoms. The van der Waals surface area contributed by atoms with E-state index in [2.05, 4.69) is 5.32 Å². The second-order valence-electron chi connectivity index (χ2n) is 11.5. The number of carbonyl (C=O) groups excluding carboxylic acids is 4. The summed E-state index contributed by atoms with van der Waals surface area (Å²) < 4.78 is 16.3. The first-order chi connectivity index (χ1) is 22.3. The van der Waals surface area contributed by atoms with Crippen LogP contribution in [0.5, 0.6) is 17.2 Å². The maximum absolute atomic E-state index is 15.2. The summed E-state index contributed by atoms with van der Waals surface area (Å²) in [5.74, 6) is -1.83. The van der Waals surface area contributed by atoms with Crippen molar-refractivity contribution in [1.29, 1.82) is 0 Å². The molecule has 3 aliphatic heterocycles.